The predicted molar refractivity (Wildman–Crippen MR) is 132 cm³/mol. The molecule has 0 radical (unpaired) electrons. The number of anilines is 1. The van der Waals surface area contributed by atoms with Crippen molar-refractivity contribution in [2.75, 3.05) is 5.32 Å². The van der Waals surface area contributed by atoms with Crippen molar-refractivity contribution in [3.05, 3.63) is 101 Å². The fourth-order valence-electron chi connectivity index (χ4n) is 4.50. The van der Waals surface area contributed by atoms with E-state index in [4.69, 9.17) is 11.0 Å². The van der Waals surface area contributed by atoms with Crippen LogP contribution >= 0.6 is 0 Å². The Kier molecular flexibility index (Phi) is 7.54. The van der Waals surface area contributed by atoms with Crippen molar-refractivity contribution in [2.45, 2.75) is 44.3 Å². The number of nitrogens with one attached hydrogen (secondary N) is 1. The first-order chi connectivity index (χ1) is 16.9. The lowest BCUT2D eigenvalue weighted by molar-refractivity contribution is 0.0583. The van der Waals surface area contributed by atoms with Crippen LogP contribution in [-0.2, 0) is 6.54 Å². The SMILES string of the molecule is N#Cc1ccc(C(=O)N(Cc2cccc(NC(=O)c3cccc(F)c3)c2)C2CCCCC2N)cc1. The molecule has 3 N–H and O–H groups in total. The zero-order valence-electron chi connectivity index (χ0n) is 19.3. The molecule has 3 aromatic carbocycles. The molecule has 1 fully saturated rings. The Labute approximate surface area is 204 Å². The summed E-state index contributed by atoms with van der Waals surface area (Å²) in [5, 5.41) is 11.9. The summed E-state index contributed by atoms with van der Waals surface area (Å²) >= 11 is 0. The topological polar surface area (TPSA) is 99.2 Å². The van der Waals surface area contributed by atoms with E-state index in [2.05, 4.69) is 11.4 Å². The van der Waals surface area contributed by atoms with Crippen LogP contribution in [-0.4, -0.2) is 28.8 Å². The van der Waals surface area contributed by atoms with Crippen LogP contribution in [0.1, 0.15) is 57.5 Å². The summed E-state index contributed by atoms with van der Waals surface area (Å²) in [6.07, 6.45) is 3.71. The quantitative estimate of drug-likeness (QED) is 0.537. The molecular formula is C28H27FN4O2. The number of carbonyl (C=O) groups excluding carboxylic acids is 2. The first kappa shape index (κ1) is 24.1. The molecule has 1 aliphatic carbocycles. The van der Waals surface area contributed by atoms with Gasteiger partial charge in [0.2, 0.25) is 0 Å². The Balaban J connectivity index is 1.57. The van der Waals surface area contributed by atoms with Gasteiger partial charge in [0.25, 0.3) is 11.8 Å². The van der Waals surface area contributed by atoms with E-state index in [9.17, 15) is 14.0 Å². The van der Waals surface area contributed by atoms with Gasteiger partial charge in [-0.05, 0) is 73.0 Å². The summed E-state index contributed by atoms with van der Waals surface area (Å²) in [4.78, 5) is 27.9. The molecule has 0 aromatic heterocycles. The third-order valence-electron chi connectivity index (χ3n) is 6.33. The van der Waals surface area contributed by atoms with E-state index < -0.39 is 11.7 Å². The second-order valence-corrected chi connectivity index (χ2v) is 8.80. The maximum Gasteiger partial charge on any atom is 0.255 e. The van der Waals surface area contributed by atoms with Crippen molar-refractivity contribution in [1.82, 2.24) is 4.90 Å². The Hall–Kier alpha value is -4.02. The fourth-order valence-corrected chi connectivity index (χ4v) is 4.50. The third kappa shape index (κ3) is 5.92. The lowest BCUT2D eigenvalue weighted by atomic mass is 9.89. The number of halogens is 1. The highest BCUT2D eigenvalue weighted by molar-refractivity contribution is 6.04. The molecule has 2 amide bonds. The van der Waals surface area contributed by atoms with Crippen LogP contribution in [0.15, 0.2) is 72.8 Å². The van der Waals surface area contributed by atoms with E-state index in [0.29, 0.717) is 23.4 Å². The van der Waals surface area contributed by atoms with Crippen LogP contribution in [0.4, 0.5) is 10.1 Å². The van der Waals surface area contributed by atoms with Crippen molar-refractivity contribution in [2.24, 2.45) is 5.73 Å². The van der Waals surface area contributed by atoms with Crippen LogP contribution < -0.4 is 11.1 Å². The summed E-state index contributed by atoms with van der Waals surface area (Å²) in [6.45, 7) is 0.320. The number of amides is 2. The maximum absolute atomic E-state index is 13.6. The van der Waals surface area contributed by atoms with Gasteiger partial charge in [0.1, 0.15) is 5.82 Å². The standard InChI is InChI=1S/C28H27FN4O2/c29-23-7-4-6-22(16-23)27(34)32-24-8-3-5-20(15-24)18-33(26-10-2-1-9-25(26)31)28(35)21-13-11-19(17-30)12-14-21/h3-8,11-16,25-26H,1-2,9-10,18,31H2,(H,32,34). The minimum atomic E-state index is -0.479. The second kappa shape index (κ2) is 10.9. The number of nitrogens with zero attached hydrogens (tertiary/aromatic N) is 2. The van der Waals surface area contributed by atoms with Crippen molar-refractivity contribution in [1.29, 1.82) is 5.26 Å². The molecule has 0 aliphatic heterocycles. The van der Waals surface area contributed by atoms with E-state index in [1.54, 1.807) is 41.3 Å². The van der Waals surface area contributed by atoms with Gasteiger partial charge in [0, 0.05) is 35.4 Å². The first-order valence-electron chi connectivity index (χ1n) is 11.7. The van der Waals surface area contributed by atoms with Crippen LogP contribution in [0.25, 0.3) is 0 Å². The highest BCUT2D eigenvalue weighted by Crippen LogP contribution is 2.26. The maximum atomic E-state index is 13.6. The van der Waals surface area contributed by atoms with Gasteiger partial charge in [-0.25, -0.2) is 4.39 Å². The summed E-state index contributed by atoms with van der Waals surface area (Å²) in [6, 6.07) is 21.2. The second-order valence-electron chi connectivity index (χ2n) is 8.80. The summed E-state index contributed by atoms with van der Waals surface area (Å²) in [5.74, 6) is -1.04. The van der Waals surface area contributed by atoms with E-state index in [1.165, 1.54) is 18.2 Å². The molecule has 1 saturated carbocycles. The summed E-state index contributed by atoms with van der Waals surface area (Å²) < 4.78 is 13.5. The van der Waals surface area contributed by atoms with Crippen LogP contribution in [0.2, 0.25) is 0 Å². The predicted octanol–water partition coefficient (Wildman–Crippen LogP) is 4.86. The Morgan fingerprint density at radius 3 is 2.46 bits per heavy atom. The number of carbonyl (C=O) groups is 2. The third-order valence-corrected chi connectivity index (χ3v) is 6.33. The molecular weight excluding hydrogens is 443 g/mol. The van der Waals surface area contributed by atoms with E-state index in [-0.39, 0.29) is 23.6 Å². The Morgan fingerprint density at radius 1 is 1.00 bits per heavy atom. The number of nitriles is 1. The Morgan fingerprint density at radius 2 is 1.74 bits per heavy atom. The smallest absolute Gasteiger partial charge is 0.255 e. The molecule has 0 heterocycles. The van der Waals surface area contributed by atoms with Crippen molar-refractivity contribution >= 4 is 17.5 Å². The van der Waals surface area contributed by atoms with Gasteiger partial charge < -0.3 is 16.0 Å². The number of hydrogen-bond acceptors (Lipinski definition) is 4. The highest BCUT2D eigenvalue weighted by atomic mass is 19.1. The minimum absolute atomic E-state index is 0.113. The van der Waals surface area contributed by atoms with Crippen LogP contribution in [0.3, 0.4) is 0 Å². The van der Waals surface area contributed by atoms with Gasteiger partial charge in [-0.2, -0.15) is 5.26 Å². The van der Waals surface area contributed by atoms with Gasteiger partial charge in [-0.1, -0.05) is 31.0 Å². The average molecular weight is 471 g/mol. The zero-order valence-corrected chi connectivity index (χ0v) is 19.3. The van der Waals surface area contributed by atoms with Crippen molar-refractivity contribution in [3.63, 3.8) is 0 Å². The Bertz CT molecular complexity index is 1250. The molecule has 35 heavy (non-hydrogen) atoms. The molecule has 178 valence electrons. The lowest BCUT2D eigenvalue weighted by Crippen LogP contribution is -2.51. The monoisotopic (exact) mass is 470 g/mol. The number of nitrogens with two attached hydrogens (primary N) is 1. The van der Waals surface area contributed by atoms with E-state index in [1.807, 2.05) is 18.2 Å². The molecule has 2 unspecified atom stereocenters. The molecule has 2 atom stereocenters. The highest BCUT2D eigenvalue weighted by Gasteiger charge is 2.31. The number of benzene rings is 3. The largest absolute Gasteiger partial charge is 0.330 e. The molecule has 0 saturated heterocycles. The molecule has 4 rings (SSSR count). The minimum Gasteiger partial charge on any atom is -0.330 e. The molecule has 0 bridgehead atoms. The summed E-state index contributed by atoms with van der Waals surface area (Å²) in [5.41, 5.74) is 9.04. The van der Waals surface area contributed by atoms with Crippen LogP contribution in [0.5, 0.6) is 0 Å². The van der Waals surface area contributed by atoms with Gasteiger partial charge in [0.15, 0.2) is 0 Å². The number of rotatable bonds is 6. The van der Waals surface area contributed by atoms with Crippen molar-refractivity contribution in [3.8, 4) is 6.07 Å². The summed E-state index contributed by atoms with van der Waals surface area (Å²) in [7, 11) is 0. The van der Waals surface area contributed by atoms with Crippen molar-refractivity contribution < 1.29 is 14.0 Å². The first-order valence-corrected chi connectivity index (χ1v) is 11.7. The molecule has 1 aliphatic rings. The van der Waals surface area contributed by atoms with Gasteiger partial charge in [-0.3, -0.25) is 9.59 Å². The zero-order chi connectivity index (χ0) is 24.8. The molecule has 3 aromatic rings. The van der Waals surface area contributed by atoms with E-state index >= 15 is 0 Å². The molecule has 6 nitrogen and oxygen atoms in total. The van der Waals surface area contributed by atoms with Crippen LogP contribution in [0, 0.1) is 17.1 Å². The number of hydrogen-bond donors (Lipinski definition) is 2. The molecule has 7 heteroatoms. The molecule has 0 spiro atoms. The van der Waals surface area contributed by atoms with E-state index in [0.717, 1.165) is 31.2 Å². The lowest BCUT2D eigenvalue weighted by Gasteiger charge is -2.38. The van der Waals surface area contributed by atoms with Gasteiger partial charge in [0.05, 0.1) is 11.6 Å². The average Bonchev–Trinajstić information content (AvgIpc) is 2.88. The normalized spacial score (nSPS) is 17.3. The van der Waals surface area contributed by atoms with Gasteiger partial charge >= 0.3 is 0 Å². The fraction of sp³-hybridized carbons (Fsp3) is 0.250. The van der Waals surface area contributed by atoms with Gasteiger partial charge in [-0.15, -0.1) is 0 Å².